The molecule has 0 unspecified atom stereocenters. The zero-order valence-electron chi connectivity index (χ0n) is 10.5. The SMILES string of the molecule is O=C(O)c1ccc(Br)c(NC(=O)c2cc(O)cc(O)c2)c1. The van der Waals surface area contributed by atoms with Crippen molar-refractivity contribution in [3.05, 3.63) is 52.0 Å². The highest BCUT2D eigenvalue weighted by atomic mass is 79.9. The lowest BCUT2D eigenvalue weighted by Crippen LogP contribution is -2.12. The van der Waals surface area contributed by atoms with Crippen LogP contribution >= 0.6 is 15.9 Å². The van der Waals surface area contributed by atoms with E-state index in [0.717, 1.165) is 6.07 Å². The number of carboxylic acids is 1. The van der Waals surface area contributed by atoms with Gasteiger partial charge in [0.2, 0.25) is 0 Å². The number of aromatic carboxylic acids is 1. The van der Waals surface area contributed by atoms with Crippen LogP contribution < -0.4 is 5.32 Å². The maximum absolute atomic E-state index is 12.1. The largest absolute Gasteiger partial charge is 0.508 e. The predicted molar refractivity (Wildman–Crippen MR) is 78.8 cm³/mol. The fourth-order valence-electron chi connectivity index (χ4n) is 1.67. The van der Waals surface area contributed by atoms with Gasteiger partial charge in [0.05, 0.1) is 11.3 Å². The first-order valence-corrected chi connectivity index (χ1v) is 6.53. The molecule has 21 heavy (non-hydrogen) atoms. The van der Waals surface area contributed by atoms with E-state index in [2.05, 4.69) is 21.2 Å². The van der Waals surface area contributed by atoms with Crippen molar-refractivity contribution in [2.45, 2.75) is 0 Å². The molecule has 0 aliphatic heterocycles. The van der Waals surface area contributed by atoms with Crippen LogP contribution in [-0.4, -0.2) is 27.2 Å². The number of carbonyl (C=O) groups is 2. The van der Waals surface area contributed by atoms with Crippen LogP contribution in [0.3, 0.4) is 0 Å². The van der Waals surface area contributed by atoms with Gasteiger partial charge in [-0.1, -0.05) is 0 Å². The standard InChI is InChI=1S/C14H10BrNO5/c15-11-2-1-7(14(20)21)5-12(11)16-13(19)8-3-9(17)6-10(18)4-8/h1-6,17-18H,(H,16,19)(H,20,21). The summed E-state index contributed by atoms with van der Waals surface area (Å²) in [4.78, 5) is 23.0. The first kappa shape index (κ1) is 14.9. The molecule has 2 aromatic carbocycles. The monoisotopic (exact) mass is 351 g/mol. The fourth-order valence-corrected chi connectivity index (χ4v) is 2.02. The number of benzene rings is 2. The minimum absolute atomic E-state index is 0.0206. The lowest BCUT2D eigenvalue weighted by atomic mass is 10.1. The summed E-state index contributed by atoms with van der Waals surface area (Å²) in [5.74, 6) is -2.21. The number of halogens is 1. The minimum atomic E-state index is -1.12. The van der Waals surface area contributed by atoms with Gasteiger partial charge in [-0.25, -0.2) is 4.79 Å². The number of carboxylic acid groups (broad SMARTS) is 1. The molecule has 0 aliphatic carbocycles. The number of rotatable bonds is 3. The number of anilines is 1. The van der Waals surface area contributed by atoms with Gasteiger partial charge >= 0.3 is 5.97 Å². The van der Waals surface area contributed by atoms with E-state index < -0.39 is 11.9 Å². The van der Waals surface area contributed by atoms with Crippen molar-refractivity contribution in [3.8, 4) is 11.5 Å². The Morgan fingerprint density at radius 1 is 0.952 bits per heavy atom. The van der Waals surface area contributed by atoms with E-state index in [4.69, 9.17) is 5.11 Å². The maximum Gasteiger partial charge on any atom is 0.335 e. The summed E-state index contributed by atoms with van der Waals surface area (Å²) < 4.78 is 0.505. The van der Waals surface area contributed by atoms with Gasteiger partial charge < -0.3 is 20.6 Å². The number of aromatic hydroxyl groups is 2. The summed E-state index contributed by atoms with van der Waals surface area (Å²) in [7, 11) is 0. The molecule has 7 heteroatoms. The van der Waals surface area contributed by atoms with Crippen LogP contribution in [0.1, 0.15) is 20.7 Å². The summed E-state index contributed by atoms with van der Waals surface area (Å²) in [5.41, 5.74) is 0.329. The molecule has 0 radical (unpaired) electrons. The Labute approximate surface area is 127 Å². The van der Waals surface area contributed by atoms with E-state index in [-0.39, 0.29) is 28.3 Å². The molecule has 108 valence electrons. The molecule has 0 heterocycles. The predicted octanol–water partition coefficient (Wildman–Crippen LogP) is 2.81. The zero-order chi connectivity index (χ0) is 15.6. The normalized spacial score (nSPS) is 10.1. The second-order valence-corrected chi connectivity index (χ2v) is 5.05. The molecule has 0 fully saturated rings. The molecule has 6 nitrogen and oxygen atoms in total. The molecule has 0 saturated carbocycles. The summed E-state index contributed by atoms with van der Waals surface area (Å²) in [6, 6.07) is 7.65. The molecule has 0 saturated heterocycles. The van der Waals surface area contributed by atoms with Crippen molar-refractivity contribution < 1.29 is 24.9 Å². The van der Waals surface area contributed by atoms with E-state index in [0.29, 0.717) is 4.47 Å². The van der Waals surface area contributed by atoms with E-state index in [9.17, 15) is 19.8 Å². The summed E-state index contributed by atoms with van der Waals surface area (Å²) in [6.07, 6.45) is 0. The molecular weight excluding hydrogens is 342 g/mol. The van der Waals surface area contributed by atoms with Gasteiger partial charge in [0.25, 0.3) is 5.91 Å². The minimum Gasteiger partial charge on any atom is -0.508 e. The summed E-state index contributed by atoms with van der Waals surface area (Å²) in [5, 5.41) is 30.1. The van der Waals surface area contributed by atoms with Gasteiger partial charge in [-0.3, -0.25) is 4.79 Å². The summed E-state index contributed by atoms with van der Waals surface area (Å²) in [6.45, 7) is 0. The molecule has 0 atom stereocenters. The Morgan fingerprint density at radius 3 is 2.14 bits per heavy atom. The Morgan fingerprint density at radius 2 is 1.57 bits per heavy atom. The lowest BCUT2D eigenvalue weighted by Gasteiger charge is -2.09. The topological polar surface area (TPSA) is 107 Å². The number of phenols is 2. The van der Waals surface area contributed by atoms with Crippen LogP contribution in [0.25, 0.3) is 0 Å². The van der Waals surface area contributed by atoms with Gasteiger partial charge in [0.15, 0.2) is 0 Å². The second-order valence-electron chi connectivity index (χ2n) is 4.19. The fraction of sp³-hybridized carbons (Fsp3) is 0. The maximum atomic E-state index is 12.1. The molecule has 0 bridgehead atoms. The van der Waals surface area contributed by atoms with Gasteiger partial charge in [-0.2, -0.15) is 0 Å². The third-order valence-corrected chi connectivity index (χ3v) is 3.32. The van der Waals surface area contributed by atoms with Crippen LogP contribution in [0.15, 0.2) is 40.9 Å². The van der Waals surface area contributed by atoms with Crippen molar-refractivity contribution in [2.24, 2.45) is 0 Å². The van der Waals surface area contributed by atoms with Gasteiger partial charge in [-0.15, -0.1) is 0 Å². The third-order valence-electron chi connectivity index (χ3n) is 2.63. The van der Waals surface area contributed by atoms with E-state index in [1.54, 1.807) is 0 Å². The van der Waals surface area contributed by atoms with Crippen molar-refractivity contribution in [2.75, 3.05) is 5.32 Å². The van der Waals surface area contributed by atoms with E-state index >= 15 is 0 Å². The number of nitrogens with one attached hydrogen (secondary N) is 1. The lowest BCUT2D eigenvalue weighted by molar-refractivity contribution is 0.0696. The average molecular weight is 352 g/mol. The van der Waals surface area contributed by atoms with Crippen LogP contribution in [0.2, 0.25) is 0 Å². The Kier molecular flexibility index (Phi) is 4.13. The quantitative estimate of drug-likeness (QED) is 0.680. The Hall–Kier alpha value is -2.54. The first-order valence-electron chi connectivity index (χ1n) is 5.74. The van der Waals surface area contributed by atoms with Gasteiger partial charge in [0, 0.05) is 16.1 Å². The van der Waals surface area contributed by atoms with E-state index in [1.807, 2.05) is 0 Å². The number of phenolic OH excluding ortho intramolecular Hbond substituents is 2. The van der Waals surface area contributed by atoms with Crippen molar-refractivity contribution >= 4 is 33.5 Å². The van der Waals surface area contributed by atoms with Crippen LogP contribution in [0, 0.1) is 0 Å². The number of amides is 1. The van der Waals surface area contributed by atoms with Crippen molar-refractivity contribution in [1.82, 2.24) is 0 Å². The molecule has 1 amide bonds. The van der Waals surface area contributed by atoms with Crippen molar-refractivity contribution in [3.63, 3.8) is 0 Å². The number of hydrogen-bond acceptors (Lipinski definition) is 4. The Balaban J connectivity index is 2.31. The summed E-state index contributed by atoms with van der Waals surface area (Å²) >= 11 is 3.20. The average Bonchev–Trinajstić information content (AvgIpc) is 2.39. The van der Waals surface area contributed by atoms with Crippen LogP contribution in [-0.2, 0) is 0 Å². The smallest absolute Gasteiger partial charge is 0.335 e. The number of hydrogen-bond donors (Lipinski definition) is 4. The van der Waals surface area contributed by atoms with E-state index in [1.165, 1.54) is 30.3 Å². The molecular formula is C14H10BrNO5. The second kappa shape index (κ2) is 5.84. The van der Waals surface area contributed by atoms with Crippen LogP contribution in [0.5, 0.6) is 11.5 Å². The van der Waals surface area contributed by atoms with Gasteiger partial charge in [-0.05, 0) is 46.3 Å². The first-order chi connectivity index (χ1) is 9.86. The van der Waals surface area contributed by atoms with Crippen LogP contribution in [0.4, 0.5) is 5.69 Å². The zero-order valence-corrected chi connectivity index (χ0v) is 12.1. The molecule has 0 aromatic heterocycles. The Bertz CT molecular complexity index is 709. The molecule has 2 aromatic rings. The highest BCUT2D eigenvalue weighted by Gasteiger charge is 2.12. The highest BCUT2D eigenvalue weighted by molar-refractivity contribution is 9.10. The van der Waals surface area contributed by atoms with Gasteiger partial charge in [0.1, 0.15) is 11.5 Å². The molecule has 0 spiro atoms. The third kappa shape index (κ3) is 3.51. The van der Waals surface area contributed by atoms with Crippen molar-refractivity contribution in [1.29, 1.82) is 0 Å². The molecule has 2 rings (SSSR count). The molecule has 4 N–H and O–H groups in total. The number of carbonyl (C=O) groups excluding carboxylic acids is 1. The highest BCUT2D eigenvalue weighted by Crippen LogP contribution is 2.26. The molecule has 0 aliphatic rings.